The first-order chi connectivity index (χ1) is 14.0. The number of hydrogen-bond acceptors (Lipinski definition) is 5. The van der Waals surface area contributed by atoms with Gasteiger partial charge in [0.25, 0.3) is 0 Å². The molecule has 0 atom stereocenters. The van der Waals surface area contributed by atoms with Gasteiger partial charge in [-0.25, -0.2) is 9.97 Å². The summed E-state index contributed by atoms with van der Waals surface area (Å²) in [6.45, 7) is 3.81. The molecule has 1 saturated heterocycles. The third kappa shape index (κ3) is 3.84. The monoisotopic (exact) mass is 406 g/mol. The Kier molecular flexibility index (Phi) is 4.72. The van der Waals surface area contributed by atoms with Gasteiger partial charge >= 0.3 is 6.18 Å². The number of nitrogens with zero attached hydrogens (tertiary/aromatic N) is 6. The molecule has 4 heterocycles. The molecule has 0 unspecified atom stereocenters. The number of alkyl halides is 3. The number of likely N-dealkylation sites (tertiary alicyclic amines) is 1. The Morgan fingerprint density at radius 3 is 2.52 bits per heavy atom. The van der Waals surface area contributed by atoms with Gasteiger partial charge in [-0.15, -0.1) is 0 Å². The minimum atomic E-state index is -4.44. The van der Waals surface area contributed by atoms with E-state index in [0.717, 1.165) is 70.7 Å². The molecule has 5 rings (SSSR count). The van der Waals surface area contributed by atoms with E-state index in [2.05, 4.69) is 29.5 Å². The van der Waals surface area contributed by atoms with Gasteiger partial charge in [-0.3, -0.25) is 9.58 Å². The van der Waals surface area contributed by atoms with E-state index in [-0.39, 0.29) is 6.04 Å². The fourth-order valence-corrected chi connectivity index (χ4v) is 4.72. The molecular weight excluding hydrogens is 381 g/mol. The summed E-state index contributed by atoms with van der Waals surface area (Å²) in [7, 11) is 0. The lowest BCUT2D eigenvalue weighted by molar-refractivity contribution is -0.141. The minimum absolute atomic E-state index is 0.229. The number of hydrogen-bond donors (Lipinski definition) is 0. The SMILES string of the molecule is FC(F)(F)c1cc(N(C2CC2)C2CCN(Cc3cnn4c3CCC4)CC2)ncn1. The van der Waals surface area contributed by atoms with E-state index < -0.39 is 11.9 Å². The molecule has 1 saturated carbocycles. The van der Waals surface area contributed by atoms with Gasteiger partial charge in [-0.05, 0) is 38.5 Å². The standard InChI is InChI=1S/C20H25F3N6/c21-20(22,23)18-10-19(25-13-24-18)29(15-3-4-15)16-5-8-27(9-6-16)12-14-11-26-28-7-1-2-17(14)28/h10-11,13,15-16H,1-9,12H2. The molecule has 9 heteroatoms. The van der Waals surface area contributed by atoms with Crippen LogP contribution in [0.2, 0.25) is 0 Å². The topological polar surface area (TPSA) is 50.1 Å². The highest BCUT2D eigenvalue weighted by molar-refractivity contribution is 5.44. The van der Waals surface area contributed by atoms with Crippen LogP contribution in [0.3, 0.4) is 0 Å². The number of aryl methyl sites for hydroxylation is 1. The molecule has 2 aliphatic heterocycles. The Hall–Kier alpha value is -2.16. The van der Waals surface area contributed by atoms with Gasteiger partial charge in [0.15, 0.2) is 0 Å². The summed E-state index contributed by atoms with van der Waals surface area (Å²) in [6.07, 6.45) is 4.80. The lowest BCUT2D eigenvalue weighted by Crippen LogP contribution is -2.46. The van der Waals surface area contributed by atoms with Crippen molar-refractivity contribution in [1.82, 2.24) is 24.6 Å². The van der Waals surface area contributed by atoms with Crippen LogP contribution in [0.25, 0.3) is 0 Å². The summed E-state index contributed by atoms with van der Waals surface area (Å²) in [6, 6.07) is 1.65. The summed E-state index contributed by atoms with van der Waals surface area (Å²) in [4.78, 5) is 12.2. The fraction of sp³-hybridized carbons (Fsp3) is 0.650. The van der Waals surface area contributed by atoms with Crippen molar-refractivity contribution < 1.29 is 13.2 Å². The molecule has 1 aliphatic carbocycles. The van der Waals surface area contributed by atoms with Crippen LogP contribution in [0.15, 0.2) is 18.6 Å². The molecule has 6 nitrogen and oxygen atoms in total. The van der Waals surface area contributed by atoms with Crippen LogP contribution >= 0.6 is 0 Å². The molecule has 0 aromatic carbocycles. The van der Waals surface area contributed by atoms with Crippen molar-refractivity contribution in [3.63, 3.8) is 0 Å². The predicted molar refractivity (Wildman–Crippen MR) is 101 cm³/mol. The number of fused-ring (bicyclic) bond motifs is 1. The maximum absolute atomic E-state index is 13.1. The molecule has 2 aromatic heterocycles. The van der Waals surface area contributed by atoms with E-state index in [1.807, 2.05) is 6.20 Å². The van der Waals surface area contributed by atoms with E-state index in [1.54, 1.807) is 0 Å². The average molecular weight is 406 g/mol. The van der Waals surface area contributed by atoms with Crippen LogP contribution in [0.4, 0.5) is 19.0 Å². The minimum Gasteiger partial charge on any atom is -0.350 e. The first-order valence-corrected chi connectivity index (χ1v) is 10.4. The van der Waals surface area contributed by atoms with Crippen molar-refractivity contribution in [3.05, 3.63) is 35.5 Å². The van der Waals surface area contributed by atoms with Crippen LogP contribution in [-0.4, -0.2) is 49.8 Å². The zero-order chi connectivity index (χ0) is 20.0. The van der Waals surface area contributed by atoms with Crippen molar-refractivity contribution in [2.45, 2.75) is 69.9 Å². The Balaban J connectivity index is 1.26. The summed E-state index contributed by atoms with van der Waals surface area (Å²) < 4.78 is 41.4. The lowest BCUT2D eigenvalue weighted by atomic mass is 10.0. The van der Waals surface area contributed by atoms with Crippen LogP contribution in [-0.2, 0) is 25.7 Å². The van der Waals surface area contributed by atoms with Gasteiger partial charge in [0, 0.05) is 55.6 Å². The Morgan fingerprint density at radius 2 is 1.79 bits per heavy atom. The molecule has 29 heavy (non-hydrogen) atoms. The molecule has 156 valence electrons. The fourth-order valence-electron chi connectivity index (χ4n) is 4.72. The number of anilines is 1. The highest BCUT2D eigenvalue weighted by atomic mass is 19.4. The molecule has 0 N–H and O–H groups in total. The Labute approximate surface area is 167 Å². The molecule has 0 spiro atoms. The number of rotatable bonds is 5. The highest BCUT2D eigenvalue weighted by Crippen LogP contribution is 2.37. The van der Waals surface area contributed by atoms with Gasteiger partial charge in [0.1, 0.15) is 17.8 Å². The van der Waals surface area contributed by atoms with E-state index in [9.17, 15) is 13.2 Å². The quantitative estimate of drug-likeness (QED) is 0.763. The Bertz CT molecular complexity index is 867. The van der Waals surface area contributed by atoms with Gasteiger partial charge < -0.3 is 4.90 Å². The second-order valence-electron chi connectivity index (χ2n) is 8.35. The van der Waals surface area contributed by atoms with Gasteiger partial charge in [-0.1, -0.05) is 0 Å². The van der Waals surface area contributed by atoms with Crippen molar-refractivity contribution in [3.8, 4) is 0 Å². The molecule has 2 aromatic rings. The molecule has 2 fully saturated rings. The first-order valence-electron chi connectivity index (χ1n) is 10.4. The number of halogens is 3. The zero-order valence-electron chi connectivity index (χ0n) is 16.3. The van der Waals surface area contributed by atoms with Crippen LogP contribution < -0.4 is 4.90 Å². The van der Waals surface area contributed by atoms with Gasteiger partial charge in [0.2, 0.25) is 0 Å². The summed E-state index contributed by atoms with van der Waals surface area (Å²) in [5.74, 6) is 0.419. The largest absolute Gasteiger partial charge is 0.433 e. The molecule has 0 bridgehead atoms. The van der Waals surface area contributed by atoms with Crippen LogP contribution in [0.1, 0.15) is 49.1 Å². The lowest BCUT2D eigenvalue weighted by Gasteiger charge is -2.39. The smallest absolute Gasteiger partial charge is 0.350 e. The van der Waals surface area contributed by atoms with Crippen LogP contribution in [0, 0.1) is 0 Å². The molecular formula is C20H25F3N6. The first kappa shape index (κ1) is 18.8. The Morgan fingerprint density at radius 1 is 1.03 bits per heavy atom. The van der Waals surface area contributed by atoms with E-state index in [0.29, 0.717) is 11.9 Å². The second-order valence-corrected chi connectivity index (χ2v) is 8.35. The van der Waals surface area contributed by atoms with Crippen molar-refractivity contribution >= 4 is 5.82 Å². The molecule has 3 aliphatic rings. The highest BCUT2D eigenvalue weighted by Gasteiger charge is 2.39. The normalized spacial score (nSPS) is 20.8. The molecule has 0 radical (unpaired) electrons. The average Bonchev–Trinajstić information content (AvgIpc) is 3.29. The van der Waals surface area contributed by atoms with Crippen molar-refractivity contribution in [2.24, 2.45) is 0 Å². The van der Waals surface area contributed by atoms with Crippen LogP contribution in [0.5, 0.6) is 0 Å². The van der Waals surface area contributed by atoms with Gasteiger partial charge in [0.05, 0.1) is 6.20 Å². The maximum atomic E-state index is 13.1. The number of aromatic nitrogens is 4. The van der Waals surface area contributed by atoms with E-state index in [4.69, 9.17) is 0 Å². The predicted octanol–water partition coefficient (Wildman–Crippen LogP) is 3.27. The van der Waals surface area contributed by atoms with E-state index in [1.165, 1.54) is 17.7 Å². The van der Waals surface area contributed by atoms with Gasteiger partial charge in [-0.2, -0.15) is 18.3 Å². The van der Waals surface area contributed by atoms with E-state index >= 15 is 0 Å². The van der Waals surface area contributed by atoms with Crippen molar-refractivity contribution in [2.75, 3.05) is 18.0 Å². The third-order valence-corrected chi connectivity index (χ3v) is 6.31. The second kappa shape index (κ2) is 7.27. The van der Waals surface area contributed by atoms with Crippen molar-refractivity contribution in [1.29, 1.82) is 0 Å². The summed E-state index contributed by atoms with van der Waals surface area (Å²) >= 11 is 0. The molecule has 0 amide bonds. The zero-order valence-corrected chi connectivity index (χ0v) is 16.3. The maximum Gasteiger partial charge on any atom is 0.433 e. The summed E-state index contributed by atoms with van der Waals surface area (Å²) in [5, 5.41) is 4.48. The third-order valence-electron chi connectivity index (χ3n) is 6.31. The number of piperidine rings is 1. The summed E-state index contributed by atoms with van der Waals surface area (Å²) in [5.41, 5.74) is 1.83.